The molecule has 1 N–H and O–H groups in total. The molecule has 0 aliphatic heterocycles. The summed E-state index contributed by atoms with van der Waals surface area (Å²) in [5.41, 5.74) is 3.95. The van der Waals surface area contributed by atoms with Crippen molar-refractivity contribution in [2.24, 2.45) is 0 Å². The molecule has 0 aliphatic rings. The lowest BCUT2D eigenvalue weighted by atomic mass is 10.1. The highest BCUT2D eigenvalue weighted by atomic mass is 32.2. The third-order valence-electron chi connectivity index (χ3n) is 5.35. The highest BCUT2D eigenvalue weighted by Crippen LogP contribution is 2.31. The lowest BCUT2D eigenvalue weighted by molar-refractivity contribution is -0.120. The molecule has 1 atom stereocenters. The zero-order valence-electron chi connectivity index (χ0n) is 19.6. The summed E-state index contributed by atoms with van der Waals surface area (Å²) in [6, 6.07) is 19.7. The van der Waals surface area contributed by atoms with Crippen LogP contribution in [0.5, 0.6) is 5.75 Å². The summed E-state index contributed by atoms with van der Waals surface area (Å²) in [6.45, 7) is 7.11. The number of carbonyl (C=O) groups excluding carboxylic acids is 1. The number of nitrogens with zero attached hydrogens (tertiary/aromatic N) is 1. The molecule has 0 unspecified atom stereocenters. The Labute approximate surface area is 196 Å². The Hall–Kier alpha value is -3.32. The molecule has 174 valence electrons. The second-order valence-electron chi connectivity index (χ2n) is 8.21. The van der Waals surface area contributed by atoms with Gasteiger partial charge in [0.15, 0.2) is 0 Å². The van der Waals surface area contributed by atoms with Crippen LogP contribution in [0.2, 0.25) is 0 Å². The Morgan fingerprint density at radius 2 is 1.58 bits per heavy atom. The topological polar surface area (TPSA) is 75.7 Å². The Bertz CT molecular complexity index is 1220. The van der Waals surface area contributed by atoms with E-state index in [1.54, 1.807) is 30.3 Å². The van der Waals surface area contributed by atoms with Gasteiger partial charge in [-0.05, 0) is 74.2 Å². The Morgan fingerprint density at radius 1 is 0.939 bits per heavy atom. The summed E-state index contributed by atoms with van der Waals surface area (Å²) >= 11 is 0. The number of benzene rings is 3. The molecule has 7 heteroatoms. The highest BCUT2D eigenvalue weighted by Gasteiger charge is 2.31. The minimum Gasteiger partial charge on any atom is -0.495 e. The number of ether oxygens (including phenoxy) is 1. The molecule has 1 amide bonds. The number of carbonyl (C=O) groups is 1. The number of aryl methyl sites for hydroxylation is 3. The first kappa shape index (κ1) is 24.3. The van der Waals surface area contributed by atoms with Crippen LogP contribution < -0.4 is 14.4 Å². The van der Waals surface area contributed by atoms with E-state index in [2.05, 4.69) is 5.32 Å². The Balaban J connectivity index is 2.02. The summed E-state index contributed by atoms with van der Waals surface area (Å²) in [6.07, 6.45) is 0. The van der Waals surface area contributed by atoms with Gasteiger partial charge in [0, 0.05) is 0 Å². The maximum atomic E-state index is 13.8. The van der Waals surface area contributed by atoms with Gasteiger partial charge in [0.1, 0.15) is 17.2 Å². The van der Waals surface area contributed by atoms with Crippen LogP contribution in [0.3, 0.4) is 0 Å². The van der Waals surface area contributed by atoms with Crippen LogP contribution in [-0.2, 0) is 14.8 Å². The van der Waals surface area contributed by atoms with Crippen molar-refractivity contribution >= 4 is 21.6 Å². The maximum absolute atomic E-state index is 13.8. The van der Waals surface area contributed by atoms with Gasteiger partial charge >= 0.3 is 0 Å². The number of rotatable bonds is 8. The first-order valence-electron chi connectivity index (χ1n) is 10.7. The summed E-state index contributed by atoms with van der Waals surface area (Å²) in [5, 5.41) is 2.91. The molecule has 3 aromatic rings. The minimum absolute atomic E-state index is 0.0214. The largest absolute Gasteiger partial charge is 0.495 e. The van der Waals surface area contributed by atoms with Gasteiger partial charge in [0.05, 0.1) is 18.8 Å². The van der Waals surface area contributed by atoms with Gasteiger partial charge in [0.2, 0.25) is 5.91 Å². The zero-order valence-corrected chi connectivity index (χ0v) is 20.4. The fourth-order valence-electron chi connectivity index (χ4n) is 3.76. The first-order valence-corrected chi connectivity index (χ1v) is 12.2. The molecule has 0 heterocycles. The van der Waals surface area contributed by atoms with Crippen molar-refractivity contribution in [2.45, 2.75) is 38.6 Å². The molecule has 0 aromatic heterocycles. The van der Waals surface area contributed by atoms with Crippen molar-refractivity contribution < 1.29 is 17.9 Å². The van der Waals surface area contributed by atoms with E-state index in [1.165, 1.54) is 7.11 Å². The van der Waals surface area contributed by atoms with E-state index >= 15 is 0 Å². The summed E-state index contributed by atoms with van der Waals surface area (Å²) < 4.78 is 34.2. The minimum atomic E-state index is -4.10. The van der Waals surface area contributed by atoms with E-state index < -0.39 is 15.9 Å². The van der Waals surface area contributed by atoms with Crippen LogP contribution in [0.25, 0.3) is 0 Å². The predicted octanol–water partition coefficient (Wildman–Crippen LogP) is 4.69. The molecule has 0 radical (unpaired) electrons. The average Bonchev–Trinajstić information content (AvgIpc) is 2.77. The fraction of sp³-hybridized carbons (Fsp3) is 0.269. The van der Waals surface area contributed by atoms with Crippen LogP contribution in [0.1, 0.15) is 35.2 Å². The quantitative estimate of drug-likeness (QED) is 0.522. The van der Waals surface area contributed by atoms with Crippen molar-refractivity contribution in [3.8, 4) is 5.75 Å². The number of sulfonamides is 1. The van der Waals surface area contributed by atoms with Crippen molar-refractivity contribution in [1.29, 1.82) is 0 Å². The van der Waals surface area contributed by atoms with E-state index in [1.807, 2.05) is 64.1 Å². The van der Waals surface area contributed by atoms with Crippen molar-refractivity contribution in [3.05, 3.63) is 89.0 Å². The lowest BCUT2D eigenvalue weighted by Gasteiger charge is -2.26. The zero-order chi connectivity index (χ0) is 24.2. The number of amides is 1. The smallest absolute Gasteiger partial charge is 0.268 e. The third kappa shape index (κ3) is 5.73. The monoisotopic (exact) mass is 466 g/mol. The van der Waals surface area contributed by atoms with Gasteiger partial charge in [-0.25, -0.2) is 8.42 Å². The second kappa shape index (κ2) is 10.1. The molecule has 0 fully saturated rings. The van der Waals surface area contributed by atoms with E-state index in [9.17, 15) is 13.2 Å². The van der Waals surface area contributed by atoms with Gasteiger partial charge in [-0.3, -0.25) is 9.10 Å². The molecular weight excluding hydrogens is 436 g/mol. The van der Waals surface area contributed by atoms with Gasteiger partial charge in [-0.2, -0.15) is 0 Å². The number of hydrogen-bond acceptors (Lipinski definition) is 4. The standard InChI is InChI=1S/C26H30N2O4S/c1-18-11-12-24(32-5)25(16-18)33(30,31)28(23-14-19(2)13-20(3)15-23)17-26(29)27-21(4)22-9-7-6-8-10-22/h6-16,21H,17H2,1-5H3,(H,27,29)/t21-/m1/s1. The normalized spacial score (nSPS) is 12.2. The van der Waals surface area contributed by atoms with Gasteiger partial charge in [-0.1, -0.05) is 42.5 Å². The second-order valence-corrected chi connectivity index (χ2v) is 10.0. The third-order valence-corrected chi connectivity index (χ3v) is 7.14. The maximum Gasteiger partial charge on any atom is 0.268 e. The first-order chi connectivity index (χ1) is 15.6. The van der Waals surface area contributed by atoms with E-state index in [0.717, 1.165) is 26.6 Å². The molecule has 0 saturated heterocycles. The van der Waals surface area contributed by atoms with Crippen molar-refractivity contribution in [2.75, 3.05) is 18.0 Å². The van der Waals surface area contributed by atoms with Crippen molar-refractivity contribution in [1.82, 2.24) is 5.32 Å². The number of hydrogen-bond donors (Lipinski definition) is 1. The van der Waals surface area contributed by atoms with Crippen LogP contribution in [0.4, 0.5) is 5.69 Å². The molecule has 6 nitrogen and oxygen atoms in total. The predicted molar refractivity (Wildman–Crippen MR) is 131 cm³/mol. The van der Waals surface area contributed by atoms with Crippen LogP contribution in [0.15, 0.2) is 71.6 Å². The SMILES string of the molecule is COc1ccc(C)cc1S(=O)(=O)N(CC(=O)N[C@H](C)c1ccccc1)c1cc(C)cc(C)c1. The van der Waals surface area contributed by atoms with Crippen molar-refractivity contribution in [3.63, 3.8) is 0 Å². The van der Waals surface area contributed by atoms with Crippen LogP contribution in [0, 0.1) is 20.8 Å². The Kier molecular flexibility index (Phi) is 7.43. The van der Waals surface area contributed by atoms with E-state index in [-0.39, 0.29) is 23.2 Å². The number of methoxy groups -OCH3 is 1. The summed E-state index contributed by atoms with van der Waals surface area (Å²) in [7, 11) is -2.67. The molecule has 0 spiro atoms. The molecule has 3 aromatic carbocycles. The summed E-state index contributed by atoms with van der Waals surface area (Å²) in [4.78, 5) is 13.1. The molecule has 0 saturated carbocycles. The molecule has 33 heavy (non-hydrogen) atoms. The van der Waals surface area contributed by atoms with Crippen LogP contribution in [-0.4, -0.2) is 28.0 Å². The van der Waals surface area contributed by atoms with E-state index in [0.29, 0.717) is 5.69 Å². The fourth-order valence-corrected chi connectivity index (χ4v) is 5.40. The van der Waals surface area contributed by atoms with Crippen LogP contribution >= 0.6 is 0 Å². The van der Waals surface area contributed by atoms with E-state index in [4.69, 9.17) is 4.74 Å². The molecule has 3 rings (SSSR count). The molecular formula is C26H30N2O4S. The number of anilines is 1. The summed E-state index contributed by atoms with van der Waals surface area (Å²) in [5.74, 6) is -0.172. The highest BCUT2D eigenvalue weighted by molar-refractivity contribution is 7.93. The Morgan fingerprint density at radius 3 is 2.18 bits per heavy atom. The van der Waals surface area contributed by atoms with Gasteiger partial charge in [0.25, 0.3) is 10.0 Å². The molecule has 0 bridgehead atoms. The lowest BCUT2D eigenvalue weighted by Crippen LogP contribution is -2.41. The number of nitrogens with one attached hydrogen (secondary N) is 1. The van der Waals surface area contributed by atoms with Gasteiger partial charge < -0.3 is 10.1 Å². The molecule has 0 aliphatic carbocycles. The van der Waals surface area contributed by atoms with Gasteiger partial charge in [-0.15, -0.1) is 0 Å². The average molecular weight is 467 g/mol.